The quantitative estimate of drug-likeness (QED) is 0.510. The Hall–Kier alpha value is -0.136. The highest BCUT2D eigenvalue weighted by Gasteiger charge is 2.04. The zero-order valence-corrected chi connectivity index (χ0v) is 8.85. The van der Waals surface area contributed by atoms with Gasteiger partial charge in [-0.05, 0) is 0 Å². The monoisotopic (exact) mass is 178 g/mol. The van der Waals surface area contributed by atoms with Crippen molar-refractivity contribution < 1.29 is 8.42 Å². The van der Waals surface area contributed by atoms with E-state index in [1.54, 1.807) is 11.4 Å². The molecule has 0 unspecified atom stereocenters. The van der Waals surface area contributed by atoms with Crippen LogP contribution in [0.25, 0.3) is 0 Å². The van der Waals surface area contributed by atoms with Gasteiger partial charge in [0, 0.05) is 0 Å². The van der Waals surface area contributed by atoms with Crippen LogP contribution in [0.1, 0.15) is 0 Å². The Kier molecular flexibility index (Phi) is 3.75. The first-order chi connectivity index (χ1) is 4.12. The van der Waals surface area contributed by atoms with E-state index in [9.17, 15) is 8.42 Å². The minimum atomic E-state index is -2.64. The minimum absolute atomic E-state index is 1.03. The fourth-order valence-corrected chi connectivity index (χ4v) is 8.07. The molecule has 0 saturated heterocycles. The lowest BCUT2D eigenvalue weighted by Gasteiger charge is -1.91. The Balaban J connectivity index is 4.03. The lowest BCUT2D eigenvalue weighted by atomic mass is 11.3. The predicted octanol–water partition coefficient (Wildman–Crippen LogP) is -1.14. The molecule has 0 atom stereocenters. The van der Waals surface area contributed by atoms with E-state index in [1.807, 2.05) is 0 Å². The average Bonchev–Trinajstić information content (AvgIpc) is 1.64. The molecule has 0 aromatic heterocycles. The van der Waals surface area contributed by atoms with E-state index < -0.39 is 26.1 Å². The lowest BCUT2D eigenvalue weighted by Crippen LogP contribution is -2.13. The first-order valence-electron chi connectivity index (χ1n) is 2.54. The smallest absolute Gasteiger partial charge is 0.178 e. The molecule has 0 fully saturated rings. The first-order valence-corrected chi connectivity index (χ1v) is 9.46. The van der Waals surface area contributed by atoms with Crippen molar-refractivity contribution >= 4 is 26.1 Å². The maximum absolute atomic E-state index is 10.8. The molecule has 0 aliphatic rings. The average molecular weight is 178 g/mol. The molecule has 0 radical (unpaired) electrons. The van der Waals surface area contributed by atoms with E-state index in [2.05, 4.69) is 13.2 Å². The third-order valence-corrected chi connectivity index (χ3v) is 10.9. The fourth-order valence-electron chi connectivity index (χ4n) is 0.427. The van der Waals surface area contributed by atoms with E-state index in [1.165, 1.54) is 0 Å². The Morgan fingerprint density at radius 1 is 1.11 bits per heavy atom. The minimum Gasteiger partial charge on any atom is -0.244 e. The number of hydrogen-bond acceptors (Lipinski definition) is 2. The molecule has 0 aromatic carbocycles. The first kappa shape index (κ1) is 8.86. The van der Waals surface area contributed by atoms with Crippen molar-refractivity contribution in [2.45, 2.75) is 0 Å². The maximum Gasteiger partial charge on any atom is 0.178 e. The van der Waals surface area contributed by atoms with Gasteiger partial charge in [-0.3, -0.25) is 0 Å². The van der Waals surface area contributed by atoms with Crippen LogP contribution in [0.5, 0.6) is 0 Å². The Labute approximate surface area is 59.5 Å². The Morgan fingerprint density at radius 2 is 1.44 bits per heavy atom. The predicted molar refractivity (Wildman–Crippen MR) is 46.4 cm³/mol. The molecule has 0 aromatic rings. The van der Waals surface area contributed by atoms with E-state index in [-0.39, 0.29) is 0 Å². The number of rotatable bonds is 4. The summed E-state index contributed by atoms with van der Waals surface area (Å²) >= 11 is 0. The second-order valence-electron chi connectivity index (χ2n) is 1.65. The summed E-state index contributed by atoms with van der Waals surface area (Å²) < 4.78 is 21.6. The van der Waals surface area contributed by atoms with Crippen molar-refractivity contribution in [3.63, 3.8) is 0 Å². The van der Waals surface area contributed by atoms with Gasteiger partial charge in [-0.15, -0.1) is 13.2 Å². The SMILES string of the molecule is C=C[SiH2]S(=O)(=O)[SiH2]C=C. The van der Waals surface area contributed by atoms with Crippen molar-refractivity contribution in [3.8, 4) is 0 Å². The van der Waals surface area contributed by atoms with Gasteiger partial charge in [-0.2, -0.15) is 0 Å². The summed E-state index contributed by atoms with van der Waals surface area (Å²) in [6, 6.07) is 0. The van der Waals surface area contributed by atoms with Crippen LogP contribution in [0.2, 0.25) is 0 Å². The molecule has 0 N–H and O–H groups in total. The molecular formula is C4H10O2SSi2. The molecule has 9 heavy (non-hydrogen) atoms. The summed E-state index contributed by atoms with van der Waals surface area (Å²) in [5.74, 6) is 0. The van der Waals surface area contributed by atoms with E-state index in [4.69, 9.17) is 0 Å². The Bertz CT molecular complexity index is 179. The third kappa shape index (κ3) is 4.37. The van der Waals surface area contributed by atoms with Gasteiger partial charge in [-0.1, -0.05) is 11.4 Å². The molecule has 0 spiro atoms. The van der Waals surface area contributed by atoms with Gasteiger partial charge in [-0.25, -0.2) is 8.42 Å². The van der Waals surface area contributed by atoms with Gasteiger partial charge in [0.2, 0.25) is 0 Å². The van der Waals surface area contributed by atoms with Crippen LogP contribution < -0.4 is 0 Å². The van der Waals surface area contributed by atoms with Crippen LogP contribution >= 0.6 is 0 Å². The van der Waals surface area contributed by atoms with Gasteiger partial charge in [0.25, 0.3) is 0 Å². The second kappa shape index (κ2) is 3.81. The van der Waals surface area contributed by atoms with E-state index >= 15 is 0 Å². The van der Waals surface area contributed by atoms with Crippen LogP contribution in [0.15, 0.2) is 24.6 Å². The summed E-state index contributed by atoms with van der Waals surface area (Å²) in [6.07, 6.45) is 0. The molecule has 0 aliphatic carbocycles. The van der Waals surface area contributed by atoms with Crippen molar-refractivity contribution in [2.75, 3.05) is 0 Å². The van der Waals surface area contributed by atoms with Gasteiger partial charge in [0.15, 0.2) is 17.3 Å². The summed E-state index contributed by atoms with van der Waals surface area (Å²) in [4.78, 5) is 0. The maximum atomic E-state index is 10.8. The molecule has 0 rings (SSSR count). The normalized spacial score (nSPS) is 13.3. The molecule has 5 heteroatoms. The van der Waals surface area contributed by atoms with Crippen molar-refractivity contribution in [3.05, 3.63) is 24.6 Å². The molecule has 52 valence electrons. The fraction of sp³-hybridized carbons (Fsp3) is 0. The standard InChI is InChI=1S/C4H10O2SSi2/c1-3-8-7(5,6)9-4-2/h3-4H,1-2,8-9H2. The van der Waals surface area contributed by atoms with Crippen LogP contribution in [0.3, 0.4) is 0 Å². The molecule has 0 bridgehead atoms. The molecule has 0 saturated carbocycles. The zero-order valence-electron chi connectivity index (χ0n) is 5.21. The summed E-state index contributed by atoms with van der Waals surface area (Å²) in [5, 5.41) is 0. The largest absolute Gasteiger partial charge is 0.244 e. The Morgan fingerprint density at radius 3 is 1.67 bits per heavy atom. The van der Waals surface area contributed by atoms with Gasteiger partial charge in [0.1, 0.15) is 0 Å². The van der Waals surface area contributed by atoms with E-state index in [0.29, 0.717) is 0 Å². The topological polar surface area (TPSA) is 34.1 Å². The summed E-state index contributed by atoms with van der Waals surface area (Å²) in [7, 11) is -4.71. The molecule has 2 nitrogen and oxygen atoms in total. The van der Waals surface area contributed by atoms with Crippen LogP contribution in [0, 0.1) is 0 Å². The third-order valence-electron chi connectivity index (χ3n) is 0.744. The highest BCUT2D eigenvalue weighted by molar-refractivity contribution is 8.34. The molecule has 0 amide bonds. The van der Waals surface area contributed by atoms with Crippen LogP contribution in [0.4, 0.5) is 0 Å². The zero-order chi connectivity index (χ0) is 7.33. The van der Waals surface area contributed by atoms with E-state index in [0.717, 1.165) is 0 Å². The van der Waals surface area contributed by atoms with Gasteiger partial charge in [0.05, 0.1) is 8.74 Å². The highest BCUT2D eigenvalue weighted by Crippen LogP contribution is 1.83. The summed E-state index contributed by atoms with van der Waals surface area (Å²) in [5.41, 5.74) is 3.09. The lowest BCUT2D eigenvalue weighted by molar-refractivity contribution is 0.620. The van der Waals surface area contributed by atoms with Gasteiger partial charge < -0.3 is 0 Å². The van der Waals surface area contributed by atoms with Crippen molar-refractivity contribution in [1.29, 1.82) is 0 Å². The molecule has 0 aliphatic heterocycles. The van der Waals surface area contributed by atoms with Crippen LogP contribution in [-0.4, -0.2) is 25.8 Å². The molecule has 0 heterocycles. The van der Waals surface area contributed by atoms with Gasteiger partial charge >= 0.3 is 0 Å². The second-order valence-corrected chi connectivity index (χ2v) is 14.7. The van der Waals surface area contributed by atoms with Crippen molar-refractivity contribution in [2.24, 2.45) is 0 Å². The highest BCUT2D eigenvalue weighted by atomic mass is 32.6. The van der Waals surface area contributed by atoms with Crippen molar-refractivity contribution in [1.82, 2.24) is 0 Å². The van der Waals surface area contributed by atoms with Crippen LogP contribution in [-0.2, 0) is 8.74 Å². The summed E-state index contributed by atoms with van der Waals surface area (Å²) in [6.45, 7) is 6.80. The number of hydrogen-bond donors (Lipinski definition) is 0. The molecular weight excluding hydrogens is 168 g/mol.